The maximum absolute atomic E-state index is 13.3. The predicted octanol–water partition coefficient (Wildman–Crippen LogP) is 3.28. The number of hydrogen-bond acceptors (Lipinski definition) is 1. The second kappa shape index (κ2) is 3.45. The molecule has 0 spiro atoms. The first-order valence-corrected chi connectivity index (χ1v) is 4.93. The van der Waals surface area contributed by atoms with Gasteiger partial charge in [0.25, 0.3) is 0 Å². The molecule has 0 saturated carbocycles. The zero-order valence-corrected chi connectivity index (χ0v) is 8.31. The van der Waals surface area contributed by atoms with Crippen LogP contribution in [0.25, 0.3) is 5.57 Å². The number of hydrogen-bond donors (Lipinski definition) is 1. The molecule has 0 unspecified atom stereocenters. The van der Waals surface area contributed by atoms with Gasteiger partial charge >= 0.3 is 0 Å². The normalized spacial score (nSPS) is 15.7. The van der Waals surface area contributed by atoms with Crippen LogP contribution >= 0.6 is 0 Å². The van der Waals surface area contributed by atoms with Crippen molar-refractivity contribution in [3.63, 3.8) is 0 Å². The summed E-state index contributed by atoms with van der Waals surface area (Å²) in [6.45, 7) is 1.98. The van der Waals surface area contributed by atoms with Crippen molar-refractivity contribution in [1.82, 2.24) is 0 Å². The van der Waals surface area contributed by atoms with E-state index in [9.17, 15) is 4.39 Å². The molecule has 0 aromatic heterocycles. The van der Waals surface area contributed by atoms with E-state index in [1.807, 2.05) is 6.92 Å². The molecular weight excluding hydrogens is 177 g/mol. The number of anilines is 1. The van der Waals surface area contributed by atoms with E-state index >= 15 is 0 Å². The third-order valence-electron chi connectivity index (χ3n) is 2.73. The van der Waals surface area contributed by atoms with Gasteiger partial charge in [-0.05, 0) is 55.0 Å². The first-order chi connectivity index (χ1) is 6.68. The van der Waals surface area contributed by atoms with Gasteiger partial charge in [-0.1, -0.05) is 6.08 Å². The van der Waals surface area contributed by atoms with E-state index in [0.29, 0.717) is 0 Å². The molecule has 0 heterocycles. The average molecular weight is 191 g/mol. The summed E-state index contributed by atoms with van der Waals surface area (Å²) in [6.07, 6.45) is 5.55. The second-order valence-corrected chi connectivity index (χ2v) is 3.81. The van der Waals surface area contributed by atoms with Crippen molar-refractivity contribution < 1.29 is 4.39 Å². The fourth-order valence-electron chi connectivity index (χ4n) is 1.97. The van der Waals surface area contributed by atoms with E-state index in [0.717, 1.165) is 24.0 Å². The molecule has 1 nitrogen and oxygen atoms in total. The number of benzene rings is 1. The van der Waals surface area contributed by atoms with E-state index in [4.69, 9.17) is 5.73 Å². The Morgan fingerprint density at radius 1 is 1.36 bits per heavy atom. The zero-order chi connectivity index (χ0) is 10.1. The molecule has 0 amide bonds. The maximum Gasteiger partial charge on any atom is 0.146 e. The Labute approximate surface area is 83.4 Å². The number of nitrogens with two attached hydrogens (primary N) is 1. The van der Waals surface area contributed by atoms with Gasteiger partial charge in [-0.15, -0.1) is 0 Å². The molecule has 2 rings (SSSR count). The van der Waals surface area contributed by atoms with Gasteiger partial charge in [0.1, 0.15) is 5.82 Å². The minimum Gasteiger partial charge on any atom is -0.396 e. The summed E-state index contributed by atoms with van der Waals surface area (Å²) in [5.74, 6) is -0.307. The number of allylic oxidation sites excluding steroid dienone is 2. The lowest BCUT2D eigenvalue weighted by molar-refractivity contribution is 0.631. The molecule has 0 bridgehead atoms. The Kier molecular flexibility index (Phi) is 2.28. The van der Waals surface area contributed by atoms with Crippen LogP contribution in [0.2, 0.25) is 0 Å². The smallest absolute Gasteiger partial charge is 0.146 e. The highest BCUT2D eigenvalue weighted by molar-refractivity contribution is 5.71. The molecule has 74 valence electrons. The molecule has 0 atom stereocenters. The minimum absolute atomic E-state index is 0.241. The van der Waals surface area contributed by atoms with Crippen LogP contribution in [0.5, 0.6) is 0 Å². The second-order valence-electron chi connectivity index (χ2n) is 3.81. The van der Waals surface area contributed by atoms with Gasteiger partial charge < -0.3 is 5.73 Å². The molecule has 1 aliphatic carbocycles. The van der Waals surface area contributed by atoms with Crippen molar-refractivity contribution in [1.29, 1.82) is 0 Å². The molecule has 0 fully saturated rings. The van der Waals surface area contributed by atoms with Gasteiger partial charge in [0.2, 0.25) is 0 Å². The number of halogens is 1. The third-order valence-corrected chi connectivity index (χ3v) is 2.73. The van der Waals surface area contributed by atoms with Crippen LogP contribution in [0.3, 0.4) is 0 Å². The number of nitrogen functional groups attached to an aromatic ring is 1. The van der Waals surface area contributed by atoms with E-state index in [1.54, 1.807) is 12.1 Å². The minimum atomic E-state index is -0.307. The Morgan fingerprint density at radius 3 is 2.79 bits per heavy atom. The summed E-state index contributed by atoms with van der Waals surface area (Å²) in [5.41, 5.74) is 9.09. The van der Waals surface area contributed by atoms with Crippen LogP contribution in [0.4, 0.5) is 10.1 Å². The lowest BCUT2D eigenvalue weighted by Crippen LogP contribution is -1.95. The summed E-state index contributed by atoms with van der Waals surface area (Å²) in [5, 5.41) is 0. The van der Waals surface area contributed by atoms with Crippen molar-refractivity contribution in [2.24, 2.45) is 0 Å². The summed E-state index contributed by atoms with van der Waals surface area (Å²) < 4.78 is 13.3. The Hall–Kier alpha value is -1.31. The molecular formula is C12H14FN. The van der Waals surface area contributed by atoms with Gasteiger partial charge in [-0.25, -0.2) is 4.39 Å². The standard InChI is InChI=1S/C12H14FN/c1-8-6-12(14)11(13)7-10(8)9-4-2-3-5-9/h4,6-7H,2-3,5,14H2,1H3. The molecule has 1 aromatic carbocycles. The molecule has 0 radical (unpaired) electrons. The van der Waals surface area contributed by atoms with E-state index < -0.39 is 0 Å². The molecule has 1 aliphatic rings. The monoisotopic (exact) mass is 191 g/mol. The van der Waals surface area contributed by atoms with Crippen LogP contribution in [0.15, 0.2) is 18.2 Å². The molecule has 14 heavy (non-hydrogen) atoms. The van der Waals surface area contributed by atoms with E-state index in [1.165, 1.54) is 12.0 Å². The molecule has 0 saturated heterocycles. The fourth-order valence-corrected chi connectivity index (χ4v) is 1.97. The van der Waals surface area contributed by atoms with Crippen LogP contribution in [-0.4, -0.2) is 0 Å². The van der Waals surface area contributed by atoms with Gasteiger partial charge in [0.05, 0.1) is 5.69 Å². The highest BCUT2D eigenvalue weighted by Gasteiger charge is 2.11. The lowest BCUT2D eigenvalue weighted by atomic mass is 9.99. The molecule has 2 heteroatoms. The van der Waals surface area contributed by atoms with Crippen molar-refractivity contribution in [2.45, 2.75) is 26.2 Å². The summed E-state index contributed by atoms with van der Waals surface area (Å²) >= 11 is 0. The SMILES string of the molecule is Cc1cc(N)c(F)cc1C1=CCCC1. The Morgan fingerprint density at radius 2 is 2.14 bits per heavy atom. The van der Waals surface area contributed by atoms with Crippen LogP contribution in [-0.2, 0) is 0 Å². The fraction of sp³-hybridized carbons (Fsp3) is 0.333. The van der Waals surface area contributed by atoms with Gasteiger partial charge in [0.15, 0.2) is 0 Å². The Bertz CT molecular complexity index is 394. The quantitative estimate of drug-likeness (QED) is 0.677. The lowest BCUT2D eigenvalue weighted by Gasteiger charge is -2.08. The highest BCUT2D eigenvalue weighted by Crippen LogP contribution is 2.31. The highest BCUT2D eigenvalue weighted by atomic mass is 19.1. The van der Waals surface area contributed by atoms with Crippen molar-refractivity contribution in [3.8, 4) is 0 Å². The number of rotatable bonds is 1. The van der Waals surface area contributed by atoms with E-state index in [-0.39, 0.29) is 11.5 Å². The molecule has 0 aliphatic heterocycles. The molecule has 2 N–H and O–H groups in total. The van der Waals surface area contributed by atoms with Crippen molar-refractivity contribution >= 4 is 11.3 Å². The topological polar surface area (TPSA) is 26.0 Å². The average Bonchev–Trinajstić information content (AvgIpc) is 2.64. The largest absolute Gasteiger partial charge is 0.396 e. The van der Waals surface area contributed by atoms with Crippen LogP contribution in [0, 0.1) is 12.7 Å². The first kappa shape index (κ1) is 9.25. The van der Waals surface area contributed by atoms with Crippen molar-refractivity contribution in [3.05, 3.63) is 35.2 Å². The first-order valence-electron chi connectivity index (χ1n) is 4.93. The van der Waals surface area contributed by atoms with Crippen LogP contribution in [0.1, 0.15) is 30.4 Å². The summed E-state index contributed by atoms with van der Waals surface area (Å²) in [4.78, 5) is 0. The Balaban J connectivity index is 2.47. The summed E-state index contributed by atoms with van der Waals surface area (Å²) in [6, 6.07) is 3.27. The van der Waals surface area contributed by atoms with Crippen molar-refractivity contribution in [2.75, 3.05) is 5.73 Å². The van der Waals surface area contributed by atoms with Crippen LogP contribution < -0.4 is 5.73 Å². The zero-order valence-electron chi connectivity index (χ0n) is 8.31. The third kappa shape index (κ3) is 1.52. The van der Waals surface area contributed by atoms with Gasteiger partial charge in [0, 0.05) is 0 Å². The molecule has 1 aromatic rings. The predicted molar refractivity (Wildman–Crippen MR) is 57.4 cm³/mol. The van der Waals surface area contributed by atoms with Gasteiger partial charge in [-0.3, -0.25) is 0 Å². The maximum atomic E-state index is 13.3. The summed E-state index contributed by atoms with van der Waals surface area (Å²) in [7, 11) is 0. The van der Waals surface area contributed by atoms with E-state index in [2.05, 4.69) is 6.08 Å². The van der Waals surface area contributed by atoms with Gasteiger partial charge in [-0.2, -0.15) is 0 Å². The number of aryl methyl sites for hydroxylation is 1.